The number of likely N-dealkylation sites (N-methyl/N-ethyl adjacent to an activating group) is 1. The molecule has 1 aliphatic rings. The van der Waals surface area contributed by atoms with Crippen LogP contribution in [0.2, 0.25) is 10.0 Å². The quantitative estimate of drug-likeness (QED) is 0.727. The van der Waals surface area contributed by atoms with E-state index in [9.17, 15) is 4.79 Å². The number of rotatable bonds is 8. The molecule has 1 heterocycles. The van der Waals surface area contributed by atoms with Gasteiger partial charge in [0, 0.05) is 32.7 Å². The molecule has 1 N–H and O–H groups in total. The Balaban J connectivity index is 1.71. The fourth-order valence-electron chi connectivity index (χ4n) is 3.12. The van der Waals surface area contributed by atoms with Gasteiger partial charge in [-0.05, 0) is 30.7 Å². The third kappa shape index (κ3) is 7.41. The predicted octanol–water partition coefficient (Wildman–Crippen LogP) is 2.90. The first-order valence-corrected chi connectivity index (χ1v) is 9.82. The van der Waals surface area contributed by atoms with Gasteiger partial charge in [0.05, 0.1) is 29.3 Å². The zero-order valence-corrected chi connectivity index (χ0v) is 17.3. The number of benzene rings is 1. The maximum absolute atomic E-state index is 12.2. The van der Waals surface area contributed by atoms with Crippen LogP contribution in [0, 0.1) is 5.92 Å². The average Bonchev–Trinajstić information content (AvgIpc) is 2.56. The van der Waals surface area contributed by atoms with E-state index in [-0.39, 0.29) is 12.0 Å². The minimum atomic E-state index is -0.00264. The molecule has 1 fully saturated rings. The van der Waals surface area contributed by atoms with E-state index in [1.54, 1.807) is 6.07 Å². The zero-order chi connectivity index (χ0) is 19.1. The second kappa shape index (κ2) is 10.5. The first-order valence-electron chi connectivity index (χ1n) is 9.06. The van der Waals surface area contributed by atoms with Crippen molar-refractivity contribution in [2.75, 3.05) is 46.4 Å². The molecule has 0 unspecified atom stereocenters. The Hall–Kier alpha value is -0.850. The second-order valence-electron chi connectivity index (χ2n) is 7.37. The maximum atomic E-state index is 12.2. The Morgan fingerprint density at radius 2 is 2.15 bits per heavy atom. The molecule has 1 aromatic carbocycles. The van der Waals surface area contributed by atoms with Crippen LogP contribution in [0.3, 0.4) is 0 Å². The molecule has 1 amide bonds. The Morgan fingerprint density at radius 1 is 1.38 bits per heavy atom. The van der Waals surface area contributed by atoms with Crippen LogP contribution < -0.4 is 5.32 Å². The van der Waals surface area contributed by atoms with Crippen LogP contribution in [0.1, 0.15) is 19.4 Å². The van der Waals surface area contributed by atoms with Gasteiger partial charge in [0.15, 0.2) is 0 Å². The summed E-state index contributed by atoms with van der Waals surface area (Å²) < 4.78 is 5.77. The van der Waals surface area contributed by atoms with Crippen LogP contribution in [0.4, 0.5) is 0 Å². The number of morpholine rings is 1. The minimum Gasteiger partial charge on any atom is -0.374 e. The van der Waals surface area contributed by atoms with Crippen molar-refractivity contribution < 1.29 is 9.53 Å². The molecule has 1 saturated heterocycles. The third-order valence-corrected chi connectivity index (χ3v) is 4.96. The van der Waals surface area contributed by atoms with E-state index >= 15 is 0 Å². The molecule has 1 atom stereocenters. The number of amides is 1. The van der Waals surface area contributed by atoms with Crippen LogP contribution in [-0.2, 0) is 16.1 Å². The van der Waals surface area contributed by atoms with E-state index in [2.05, 4.69) is 24.1 Å². The van der Waals surface area contributed by atoms with Crippen molar-refractivity contribution >= 4 is 29.1 Å². The van der Waals surface area contributed by atoms with E-state index in [1.165, 1.54) is 0 Å². The number of carbonyl (C=O) groups excluding carboxylic acids is 1. The van der Waals surface area contributed by atoms with Crippen LogP contribution in [-0.4, -0.2) is 68.2 Å². The summed E-state index contributed by atoms with van der Waals surface area (Å²) in [5, 5.41) is 4.05. The van der Waals surface area contributed by atoms with Gasteiger partial charge in [-0.15, -0.1) is 0 Å². The van der Waals surface area contributed by atoms with E-state index in [0.29, 0.717) is 35.6 Å². The number of carbonyl (C=O) groups is 1. The average molecular weight is 402 g/mol. The lowest BCUT2D eigenvalue weighted by atomic mass is 10.2. The number of nitrogens with zero attached hydrogens (tertiary/aromatic N) is 2. The van der Waals surface area contributed by atoms with Crippen LogP contribution in [0.15, 0.2) is 18.2 Å². The summed E-state index contributed by atoms with van der Waals surface area (Å²) in [6, 6.07) is 5.52. The molecule has 1 aromatic rings. The van der Waals surface area contributed by atoms with Gasteiger partial charge in [-0.25, -0.2) is 0 Å². The predicted molar refractivity (Wildman–Crippen MR) is 107 cm³/mol. The van der Waals surface area contributed by atoms with Gasteiger partial charge in [0.2, 0.25) is 5.91 Å². The lowest BCUT2D eigenvalue weighted by Gasteiger charge is -2.34. The molecule has 5 nitrogen and oxygen atoms in total. The van der Waals surface area contributed by atoms with E-state index in [1.807, 2.05) is 24.1 Å². The Morgan fingerprint density at radius 3 is 2.85 bits per heavy atom. The second-order valence-corrected chi connectivity index (χ2v) is 8.19. The maximum Gasteiger partial charge on any atom is 0.234 e. The highest BCUT2D eigenvalue weighted by Gasteiger charge is 2.21. The summed E-state index contributed by atoms with van der Waals surface area (Å²) in [4.78, 5) is 16.5. The van der Waals surface area contributed by atoms with Gasteiger partial charge in [-0.3, -0.25) is 14.6 Å². The molecule has 2 rings (SSSR count). The van der Waals surface area contributed by atoms with Crippen molar-refractivity contribution in [2.45, 2.75) is 26.5 Å². The number of halogens is 2. The molecule has 1 aliphatic heterocycles. The van der Waals surface area contributed by atoms with Gasteiger partial charge >= 0.3 is 0 Å². The van der Waals surface area contributed by atoms with Crippen molar-refractivity contribution in [2.24, 2.45) is 5.92 Å². The van der Waals surface area contributed by atoms with Crippen LogP contribution >= 0.6 is 23.2 Å². The van der Waals surface area contributed by atoms with Crippen molar-refractivity contribution in [3.05, 3.63) is 33.8 Å². The molecular weight excluding hydrogens is 373 g/mol. The summed E-state index contributed by atoms with van der Waals surface area (Å²) in [6.07, 6.45) is 0.0619. The lowest BCUT2D eigenvalue weighted by molar-refractivity contribution is -0.123. The molecule has 0 saturated carbocycles. The topological polar surface area (TPSA) is 44.8 Å². The minimum absolute atomic E-state index is 0.00264. The van der Waals surface area contributed by atoms with Crippen molar-refractivity contribution in [1.29, 1.82) is 0 Å². The molecule has 0 spiro atoms. The van der Waals surface area contributed by atoms with E-state index < -0.39 is 0 Å². The summed E-state index contributed by atoms with van der Waals surface area (Å²) >= 11 is 12.0. The normalized spacial score (nSPS) is 18.5. The van der Waals surface area contributed by atoms with Gasteiger partial charge in [0.1, 0.15) is 0 Å². The van der Waals surface area contributed by atoms with Crippen molar-refractivity contribution in [3.8, 4) is 0 Å². The summed E-state index contributed by atoms with van der Waals surface area (Å²) in [5.74, 6) is 0.635. The fraction of sp³-hybridized carbons (Fsp3) is 0.632. The van der Waals surface area contributed by atoms with Crippen LogP contribution in [0.25, 0.3) is 0 Å². The molecule has 0 bridgehead atoms. The van der Waals surface area contributed by atoms with Crippen molar-refractivity contribution in [3.63, 3.8) is 0 Å². The molecule has 0 radical (unpaired) electrons. The summed E-state index contributed by atoms with van der Waals surface area (Å²) in [5.41, 5.74) is 1.02. The number of hydrogen-bond acceptors (Lipinski definition) is 4. The summed E-state index contributed by atoms with van der Waals surface area (Å²) in [6.45, 7) is 9.58. The molecule has 0 aromatic heterocycles. The lowest BCUT2D eigenvalue weighted by Crippen LogP contribution is -2.49. The fourth-order valence-corrected chi connectivity index (χ4v) is 3.44. The molecule has 146 valence electrons. The third-order valence-electron chi connectivity index (χ3n) is 4.22. The first kappa shape index (κ1) is 21.5. The van der Waals surface area contributed by atoms with Crippen molar-refractivity contribution in [1.82, 2.24) is 15.1 Å². The first-order chi connectivity index (χ1) is 12.3. The standard InChI is InChI=1S/C19H29Cl2N3O2/c1-14(2)10-24-6-7-26-16(12-24)9-22-19(25)13-23(3)11-15-4-5-17(20)18(21)8-15/h4-5,8,14,16H,6-7,9-13H2,1-3H3,(H,22,25)/t16-/m0/s1. The highest BCUT2D eigenvalue weighted by molar-refractivity contribution is 6.42. The summed E-state index contributed by atoms with van der Waals surface area (Å²) in [7, 11) is 1.91. The molecular formula is C19H29Cl2N3O2. The molecule has 7 heteroatoms. The SMILES string of the molecule is CC(C)CN1CCO[C@@H](CNC(=O)CN(C)Cc2ccc(Cl)c(Cl)c2)C1. The highest BCUT2D eigenvalue weighted by atomic mass is 35.5. The highest BCUT2D eigenvalue weighted by Crippen LogP contribution is 2.23. The Bertz CT molecular complexity index is 598. The van der Waals surface area contributed by atoms with Gasteiger partial charge < -0.3 is 10.1 Å². The van der Waals surface area contributed by atoms with Gasteiger partial charge in [-0.2, -0.15) is 0 Å². The molecule has 26 heavy (non-hydrogen) atoms. The largest absolute Gasteiger partial charge is 0.374 e. The van der Waals surface area contributed by atoms with Gasteiger partial charge in [0.25, 0.3) is 0 Å². The van der Waals surface area contributed by atoms with Crippen LogP contribution in [0.5, 0.6) is 0 Å². The zero-order valence-electron chi connectivity index (χ0n) is 15.8. The smallest absolute Gasteiger partial charge is 0.234 e. The Kier molecular flexibility index (Phi) is 8.64. The monoisotopic (exact) mass is 401 g/mol. The van der Waals surface area contributed by atoms with Gasteiger partial charge in [-0.1, -0.05) is 43.1 Å². The number of ether oxygens (including phenoxy) is 1. The van der Waals surface area contributed by atoms with E-state index in [4.69, 9.17) is 27.9 Å². The molecule has 0 aliphatic carbocycles. The number of hydrogen-bond donors (Lipinski definition) is 1. The number of nitrogens with one attached hydrogen (secondary N) is 1. The Labute approximate surface area is 166 Å². The van der Waals surface area contributed by atoms with E-state index in [0.717, 1.165) is 31.8 Å².